The molecule has 0 atom stereocenters. The summed E-state index contributed by atoms with van der Waals surface area (Å²) in [5, 5.41) is 0.522. The van der Waals surface area contributed by atoms with Crippen LogP contribution in [0.1, 0.15) is 0 Å². The lowest BCUT2D eigenvalue weighted by Gasteiger charge is -2.36. The molecule has 0 unspecified atom stereocenters. The second kappa shape index (κ2) is 8.43. The summed E-state index contributed by atoms with van der Waals surface area (Å²) < 4.78 is 27.2. The van der Waals surface area contributed by atoms with E-state index in [9.17, 15) is 8.42 Å². The van der Waals surface area contributed by atoms with Gasteiger partial charge in [-0.1, -0.05) is 11.6 Å². The van der Waals surface area contributed by atoms with Gasteiger partial charge in [-0.3, -0.25) is 0 Å². The predicted octanol–water partition coefficient (Wildman–Crippen LogP) is 1.39. The normalized spacial score (nSPS) is 19.5. The van der Waals surface area contributed by atoms with E-state index in [-0.39, 0.29) is 4.90 Å². The van der Waals surface area contributed by atoms with Crippen LogP contribution in [0.5, 0.6) is 0 Å². The second-order valence-electron chi connectivity index (χ2n) is 7.37. The van der Waals surface area contributed by atoms with E-state index in [1.54, 1.807) is 30.6 Å². The van der Waals surface area contributed by atoms with Crippen LogP contribution in [0.25, 0.3) is 0 Å². The molecule has 2 fully saturated rings. The Labute approximate surface area is 176 Å². The number of anilines is 2. The van der Waals surface area contributed by atoms with Crippen LogP contribution in [0.15, 0.2) is 41.6 Å². The van der Waals surface area contributed by atoms with Crippen molar-refractivity contribution < 1.29 is 8.42 Å². The molecule has 2 saturated heterocycles. The number of likely N-dealkylation sites (N-methyl/N-ethyl adjacent to an activating group) is 1. The van der Waals surface area contributed by atoms with E-state index >= 15 is 0 Å². The molecule has 0 N–H and O–H groups in total. The number of aromatic nitrogens is 2. The van der Waals surface area contributed by atoms with Crippen LogP contribution in [0, 0.1) is 0 Å². The largest absolute Gasteiger partial charge is 0.354 e. The summed E-state index contributed by atoms with van der Waals surface area (Å²) >= 11 is 5.88. The summed E-state index contributed by atoms with van der Waals surface area (Å²) in [6, 6.07) is 8.32. The fourth-order valence-corrected chi connectivity index (χ4v) is 5.18. The standard InChI is InChI=1S/C19H25ClN6O2S/c1-23-6-8-24(9-7-23)18-14-19(22-15-21-18)25-10-12-26(13-11-25)29(27,28)17-4-2-16(20)3-5-17/h2-5,14-15H,6-13H2,1H3. The average Bonchev–Trinajstić information content (AvgIpc) is 2.75. The lowest BCUT2D eigenvalue weighted by atomic mass is 10.3. The molecule has 0 saturated carbocycles. The highest BCUT2D eigenvalue weighted by atomic mass is 35.5. The number of hydrogen-bond donors (Lipinski definition) is 0. The van der Waals surface area contributed by atoms with E-state index in [1.165, 1.54) is 4.31 Å². The smallest absolute Gasteiger partial charge is 0.243 e. The van der Waals surface area contributed by atoms with Crippen LogP contribution in [-0.4, -0.2) is 87.0 Å². The molecule has 0 spiro atoms. The molecule has 2 aromatic rings. The van der Waals surface area contributed by atoms with Crippen LogP contribution in [0.2, 0.25) is 5.02 Å². The van der Waals surface area contributed by atoms with Crippen molar-refractivity contribution in [1.82, 2.24) is 19.2 Å². The van der Waals surface area contributed by atoms with Crippen molar-refractivity contribution in [2.45, 2.75) is 4.90 Å². The summed E-state index contributed by atoms with van der Waals surface area (Å²) in [7, 11) is -1.39. The minimum absolute atomic E-state index is 0.273. The van der Waals surface area contributed by atoms with Gasteiger partial charge < -0.3 is 14.7 Å². The van der Waals surface area contributed by atoms with Gasteiger partial charge in [0.15, 0.2) is 0 Å². The number of halogens is 1. The Bertz CT molecular complexity index is 939. The van der Waals surface area contributed by atoms with Crippen molar-refractivity contribution in [3.63, 3.8) is 0 Å². The van der Waals surface area contributed by atoms with E-state index in [4.69, 9.17) is 11.6 Å². The van der Waals surface area contributed by atoms with E-state index in [0.29, 0.717) is 31.2 Å². The van der Waals surface area contributed by atoms with Crippen LogP contribution < -0.4 is 9.80 Å². The number of piperazine rings is 2. The fourth-order valence-electron chi connectivity index (χ4n) is 3.63. The monoisotopic (exact) mass is 436 g/mol. The molecular formula is C19H25ClN6O2S. The molecule has 29 heavy (non-hydrogen) atoms. The van der Waals surface area contributed by atoms with Gasteiger partial charge in [0.2, 0.25) is 10.0 Å². The first kappa shape index (κ1) is 20.3. The molecule has 1 aromatic carbocycles. The van der Waals surface area contributed by atoms with Crippen molar-refractivity contribution >= 4 is 33.3 Å². The number of sulfonamides is 1. The number of benzene rings is 1. The maximum atomic E-state index is 12.9. The molecule has 1 aromatic heterocycles. The zero-order chi connectivity index (χ0) is 20.4. The van der Waals surface area contributed by atoms with Crippen LogP contribution in [0.3, 0.4) is 0 Å². The molecule has 0 radical (unpaired) electrons. The average molecular weight is 437 g/mol. The van der Waals surface area contributed by atoms with Crippen molar-refractivity contribution in [3.8, 4) is 0 Å². The Hall–Kier alpha value is -1.94. The third-order valence-electron chi connectivity index (χ3n) is 5.48. The van der Waals surface area contributed by atoms with Crippen LogP contribution >= 0.6 is 11.6 Å². The Morgan fingerprint density at radius 1 is 0.828 bits per heavy atom. The highest BCUT2D eigenvalue weighted by Gasteiger charge is 2.29. The molecular weight excluding hydrogens is 412 g/mol. The van der Waals surface area contributed by atoms with Crippen molar-refractivity contribution in [2.75, 3.05) is 69.2 Å². The molecule has 8 nitrogen and oxygen atoms in total. The first-order valence-electron chi connectivity index (χ1n) is 9.70. The van der Waals surface area contributed by atoms with Gasteiger partial charge >= 0.3 is 0 Å². The summed E-state index contributed by atoms with van der Waals surface area (Å²) in [5.41, 5.74) is 0. The Kier molecular flexibility index (Phi) is 5.91. The van der Waals surface area contributed by atoms with Crippen molar-refractivity contribution in [2.24, 2.45) is 0 Å². The van der Waals surface area contributed by atoms with E-state index in [1.807, 2.05) is 6.07 Å². The summed E-state index contributed by atoms with van der Waals surface area (Å²) in [5.74, 6) is 1.77. The van der Waals surface area contributed by atoms with E-state index in [0.717, 1.165) is 37.8 Å². The minimum Gasteiger partial charge on any atom is -0.354 e. The Balaban J connectivity index is 1.42. The quantitative estimate of drug-likeness (QED) is 0.717. The first-order chi connectivity index (χ1) is 13.9. The number of nitrogens with zero attached hydrogens (tertiary/aromatic N) is 6. The van der Waals surface area contributed by atoms with Crippen LogP contribution in [-0.2, 0) is 10.0 Å². The van der Waals surface area contributed by atoms with Gasteiger partial charge in [0.25, 0.3) is 0 Å². The molecule has 4 rings (SSSR count). The first-order valence-corrected chi connectivity index (χ1v) is 11.5. The van der Waals surface area contributed by atoms with Gasteiger partial charge in [0.05, 0.1) is 4.90 Å². The van der Waals surface area contributed by atoms with Gasteiger partial charge in [-0.15, -0.1) is 0 Å². The molecule has 3 heterocycles. The fraction of sp³-hybridized carbons (Fsp3) is 0.474. The zero-order valence-electron chi connectivity index (χ0n) is 16.4. The van der Waals surface area contributed by atoms with Crippen molar-refractivity contribution in [3.05, 3.63) is 41.7 Å². The van der Waals surface area contributed by atoms with E-state index in [2.05, 4.69) is 31.7 Å². The van der Waals surface area contributed by atoms with Gasteiger partial charge in [-0.2, -0.15) is 4.31 Å². The lowest BCUT2D eigenvalue weighted by Crippen LogP contribution is -2.49. The van der Waals surface area contributed by atoms with Gasteiger partial charge in [0, 0.05) is 63.4 Å². The van der Waals surface area contributed by atoms with Gasteiger partial charge in [-0.25, -0.2) is 18.4 Å². The molecule has 2 aliphatic rings. The highest BCUT2D eigenvalue weighted by molar-refractivity contribution is 7.89. The van der Waals surface area contributed by atoms with Crippen LogP contribution in [0.4, 0.5) is 11.6 Å². The number of rotatable bonds is 4. The summed E-state index contributed by atoms with van der Waals surface area (Å²) in [4.78, 5) is 15.8. The van der Waals surface area contributed by atoms with Gasteiger partial charge in [0.1, 0.15) is 18.0 Å². The highest BCUT2D eigenvalue weighted by Crippen LogP contribution is 2.23. The Morgan fingerprint density at radius 2 is 1.34 bits per heavy atom. The topological polar surface area (TPSA) is 72.9 Å². The third-order valence-corrected chi connectivity index (χ3v) is 7.64. The van der Waals surface area contributed by atoms with E-state index < -0.39 is 10.0 Å². The molecule has 10 heteroatoms. The second-order valence-corrected chi connectivity index (χ2v) is 9.74. The summed E-state index contributed by atoms with van der Waals surface area (Å²) in [6.45, 7) is 5.93. The molecule has 156 valence electrons. The van der Waals surface area contributed by atoms with Crippen molar-refractivity contribution in [1.29, 1.82) is 0 Å². The minimum atomic E-state index is -3.51. The third kappa shape index (κ3) is 4.48. The number of hydrogen-bond acceptors (Lipinski definition) is 7. The molecule has 0 aliphatic carbocycles. The van der Waals surface area contributed by atoms with Gasteiger partial charge in [-0.05, 0) is 31.3 Å². The molecule has 0 amide bonds. The zero-order valence-corrected chi connectivity index (χ0v) is 18.0. The predicted molar refractivity (Wildman–Crippen MR) is 114 cm³/mol. The lowest BCUT2D eigenvalue weighted by molar-refractivity contribution is 0.312. The summed E-state index contributed by atoms with van der Waals surface area (Å²) in [6.07, 6.45) is 1.60. The SMILES string of the molecule is CN1CCN(c2cc(N3CCN(S(=O)(=O)c4ccc(Cl)cc4)CC3)ncn2)CC1. The molecule has 0 bridgehead atoms. The molecule has 2 aliphatic heterocycles. The Morgan fingerprint density at radius 3 is 1.90 bits per heavy atom. The maximum Gasteiger partial charge on any atom is 0.243 e. The maximum absolute atomic E-state index is 12.9.